The number of phenols is 2. The van der Waals surface area contributed by atoms with E-state index in [0.717, 1.165) is 54.7 Å². The van der Waals surface area contributed by atoms with Gasteiger partial charge in [0.25, 0.3) is 0 Å². The zero-order valence-corrected chi connectivity index (χ0v) is 23.3. The molecule has 202 valence electrons. The van der Waals surface area contributed by atoms with Gasteiger partial charge in [-0.25, -0.2) is 0 Å². The molecule has 0 spiro atoms. The molecule has 0 fully saturated rings. The van der Waals surface area contributed by atoms with Crippen LogP contribution in [0.1, 0.15) is 30.9 Å². The molecule has 0 aromatic heterocycles. The molecule has 1 aliphatic rings. The number of phenolic OH excluding ortho intramolecular Hbond substituents is 2. The van der Waals surface area contributed by atoms with E-state index < -0.39 is 0 Å². The smallest absolute Gasteiger partial charge is 0.116 e. The molecule has 3 heteroatoms. The van der Waals surface area contributed by atoms with Crippen molar-refractivity contribution in [2.24, 2.45) is 0 Å². The molecule has 0 saturated carbocycles. The van der Waals surface area contributed by atoms with Crippen LogP contribution in [-0.2, 0) is 13.1 Å². The van der Waals surface area contributed by atoms with E-state index in [9.17, 15) is 10.2 Å². The van der Waals surface area contributed by atoms with E-state index in [0.29, 0.717) is 0 Å². The third kappa shape index (κ3) is 4.53. The molecule has 1 aliphatic heterocycles. The number of benzene rings is 6. The van der Waals surface area contributed by atoms with Crippen molar-refractivity contribution in [3.05, 3.63) is 120 Å². The molecule has 7 rings (SSSR count). The topological polar surface area (TPSA) is 43.7 Å². The van der Waals surface area contributed by atoms with Crippen LogP contribution in [0, 0.1) is 0 Å². The second-order valence-electron chi connectivity index (χ2n) is 11.2. The first kappa shape index (κ1) is 25.4. The van der Waals surface area contributed by atoms with Crippen molar-refractivity contribution in [2.45, 2.75) is 32.9 Å². The maximum Gasteiger partial charge on any atom is 0.116 e. The summed E-state index contributed by atoms with van der Waals surface area (Å²) < 4.78 is 0. The summed E-state index contributed by atoms with van der Waals surface area (Å²) >= 11 is 0. The summed E-state index contributed by atoms with van der Waals surface area (Å²) in [4.78, 5) is 2.58. The number of hydrogen-bond donors (Lipinski definition) is 2. The van der Waals surface area contributed by atoms with E-state index in [1.807, 2.05) is 24.3 Å². The van der Waals surface area contributed by atoms with Crippen LogP contribution in [0.3, 0.4) is 0 Å². The number of hydrogen-bond acceptors (Lipinski definition) is 3. The third-order valence-electron chi connectivity index (χ3n) is 8.47. The normalized spacial score (nSPS) is 13.2. The van der Waals surface area contributed by atoms with Gasteiger partial charge < -0.3 is 10.2 Å². The van der Waals surface area contributed by atoms with E-state index in [4.69, 9.17) is 0 Å². The quantitative estimate of drug-likeness (QED) is 0.231. The summed E-state index contributed by atoms with van der Waals surface area (Å²) in [7, 11) is 0. The van der Waals surface area contributed by atoms with Crippen molar-refractivity contribution in [1.29, 1.82) is 0 Å². The first-order valence-electron chi connectivity index (χ1n) is 14.5. The van der Waals surface area contributed by atoms with Gasteiger partial charge in [-0.2, -0.15) is 0 Å². The predicted octanol–water partition coefficient (Wildman–Crippen LogP) is 9.52. The van der Waals surface area contributed by atoms with Crippen molar-refractivity contribution in [1.82, 2.24) is 4.90 Å². The summed E-state index contributed by atoms with van der Waals surface area (Å²) in [5, 5.41) is 25.8. The summed E-state index contributed by atoms with van der Waals surface area (Å²) in [5.74, 6) is 0.552. The average molecular weight is 536 g/mol. The highest BCUT2D eigenvalue weighted by Crippen LogP contribution is 2.48. The Balaban J connectivity index is 1.66. The number of unbranched alkanes of at least 4 members (excludes halogenated alkanes) is 1. The molecule has 0 atom stereocenters. The highest BCUT2D eigenvalue weighted by atomic mass is 16.3. The highest BCUT2D eigenvalue weighted by molar-refractivity contribution is 6.12. The molecule has 2 N–H and O–H groups in total. The van der Waals surface area contributed by atoms with Crippen LogP contribution in [0.5, 0.6) is 11.5 Å². The number of aromatic hydroxyl groups is 2. The van der Waals surface area contributed by atoms with Crippen LogP contribution in [0.15, 0.2) is 109 Å². The van der Waals surface area contributed by atoms with Gasteiger partial charge in [0.2, 0.25) is 0 Å². The van der Waals surface area contributed by atoms with Crippen LogP contribution in [0.4, 0.5) is 0 Å². The molecular formula is C38H33NO2. The van der Waals surface area contributed by atoms with Crippen LogP contribution in [0.2, 0.25) is 0 Å². The largest absolute Gasteiger partial charge is 0.508 e. The van der Waals surface area contributed by atoms with Gasteiger partial charge in [0.05, 0.1) is 0 Å². The Bertz CT molecular complexity index is 1790. The lowest BCUT2D eigenvalue weighted by molar-refractivity contribution is 0.256. The molecule has 0 saturated heterocycles. The van der Waals surface area contributed by atoms with Crippen molar-refractivity contribution in [3.63, 3.8) is 0 Å². The van der Waals surface area contributed by atoms with Crippen molar-refractivity contribution >= 4 is 21.5 Å². The molecule has 6 aromatic carbocycles. The number of rotatable bonds is 5. The van der Waals surface area contributed by atoms with Gasteiger partial charge in [0.15, 0.2) is 0 Å². The van der Waals surface area contributed by atoms with Crippen LogP contribution in [0.25, 0.3) is 54.9 Å². The minimum atomic E-state index is 0.276. The van der Waals surface area contributed by atoms with Crippen molar-refractivity contribution in [3.8, 4) is 44.9 Å². The Labute approximate surface area is 240 Å². The molecule has 0 bridgehead atoms. The van der Waals surface area contributed by atoms with Gasteiger partial charge in [-0.3, -0.25) is 4.90 Å². The van der Waals surface area contributed by atoms with Crippen molar-refractivity contribution in [2.75, 3.05) is 6.54 Å². The summed E-state index contributed by atoms with van der Waals surface area (Å²) in [6.07, 6.45) is 2.25. The molecule has 0 aliphatic carbocycles. The predicted molar refractivity (Wildman–Crippen MR) is 170 cm³/mol. The van der Waals surface area contributed by atoms with Gasteiger partial charge >= 0.3 is 0 Å². The van der Waals surface area contributed by atoms with Crippen LogP contribution >= 0.6 is 0 Å². The lowest BCUT2D eigenvalue weighted by atomic mass is 9.82. The Kier molecular flexibility index (Phi) is 6.45. The van der Waals surface area contributed by atoms with Gasteiger partial charge in [-0.1, -0.05) is 86.1 Å². The summed E-state index contributed by atoms with van der Waals surface area (Å²) in [6.45, 7) is 4.87. The molecule has 3 nitrogen and oxygen atoms in total. The second-order valence-corrected chi connectivity index (χ2v) is 11.2. The fourth-order valence-electron chi connectivity index (χ4n) is 6.59. The zero-order chi connectivity index (χ0) is 27.9. The lowest BCUT2D eigenvalue weighted by Crippen LogP contribution is -2.23. The minimum Gasteiger partial charge on any atom is -0.508 e. The van der Waals surface area contributed by atoms with E-state index >= 15 is 0 Å². The molecular weight excluding hydrogens is 502 g/mol. The standard InChI is InChI=1S/C38H33NO2/c1-2-3-18-39-23-35-33(25-12-8-14-29(40)19-25)21-27-10-4-6-16-31(27)37(35)38-32-17-7-5-11-28(32)22-34(36(38)24-39)26-13-9-15-30(41)20-26/h4-17,19-22,40-41H,2-3,18,23-24H2,1H3. The fraction of sp³-hybridized carbons (Fsp3) is 0.158. The van der Waals surface area contributed by atoms with E-state index in [1.165, 1.54) is 43.8 Å². The molecule has 41 heavy (non-hydrogen) atoms. The molecule has 6 aromatic rings. The molecule has 0 unspecified atom stereocenters. The average Bonchev–Trinajstić information content (AvgIpc) is 3.17. The van der Waals surface area contributed by atoms with Crippen molar-refractivity contribution < 1.29 is 10.2 Å². The number of nitrogens with zero attached hydrogens (tertiary/aromatic N) is 1. The molecule has 0 radical (unpaired) electrons. The summed E-state index contributed by atoms with van der Waals surface area (Å²) in [6, 6.07) is 37.3. The Morgan fingerprint density at radius 3 is 1.54 bits per heavy atom. The van der Waals surface area contributed by atoms with Gasteiger partial charge in [-0.15, -0.1) is 0 Å². The van der Waals surface area contributed by atoms with Crippen LogP contribution in [-0.4, -0.2) is 21.7 Å². The molecule has 0 amide bonds. The van der Waals surface area contributed by atoms with E-state index in [1.54, 1.807) is 12.1 Å². The van der Waals surface area contributed by atoms with E-state index in [2.05, 4.69) is 84.6 Å². The minimum absolute atomic E-state index is 0.276. The SMILES string of the molecule is CCCCN1Cc2c(-c3cccc(O)c3)cc3ccccc3c2-c2c(c(-c3cccc(O)c3)cc3ccccc23)C1. The highest BCUT2D eigenvalue weighted by Gasteiger charge is 2.28. The lowest BCUT2D eigenvalue weighted by Gasteiger charge is -2.23. The van der Waals surface area contributed by atoms with Gasteiger partial charge in [0, 0.05) is 13.1 Å². The maximum absolute atomic E-state index is 10.5. The second kappa shape index (κ2) is 10.4. The monoisotopic (exact) mass is 535 g/mol. The van der Waals surface area contributed by atoms with E-state index in [-0.39, 0.29) is 11.5 Å². The molecule has 1 heterocycles. The maximum atomic E-state index is 10.5. The zero-order valence-electron chi connectivity index (χ0n) is 23.3. The third-order valence-corrected chi connectivity index (χ3v) is 8.47. The fourth-order valence-corrected chi connectivity index (χ4v) is 6.59. The Morgan fingerprint density at radius 2 is 1.07 bits per heavy atom. The first-order valence-corrected chi connectivity index (χ1v) is 14.5. The summed E-state index contributed by atoms with van der Waals surface area (Å²) in [5.41, 5.74) is 9.51. The number of fused-ring (bicyclic) bond motifs is 7. The Morgan fingerprint density at radius 1 is 0.585 bits per heavy atom. The first-order chi connectivity index (χ1) is 20.1. The van der Waals surface area contributed by atoms with Gasteiger partial charge in [-0.05, 0) is 115 Å². The van der Waals surface area contributed by atoms with Crippen LogP contribution < -0.4 is 0 Å². The Hall–Kier alpha value is -4.60. The van der Waals surface area contributed by atoms with Gasteiger partial charge in [0.1, 0.15) is 11.5 Å².